The van der Waals surface area contributed by atoms with Crippen molar-refractivity contribution in [1.29, 1.82) is 0 Å². The number of hydrogen-bond acceptors (Lipinski definition) is 5. The van der Waals surface area contributed by atoms with Gasteiger partial charge in [0.15, 0.2) is 5.76 Å². The molecule has 3 aliphatic rings. The Morgan fingerprint density at radius 1 is 1.20 bits per heavy atom. The van der Waals surface area contributed by atoms with Gasteiger partial charge in [-0.3, -0.25) is 9.58 Å². The third-order valence-electron chi connectivity index (χ3n) is 6.51. The van der Waals surface area contributed by atoms with Crippen molar-refractivity contribution < 1.29 is 12.8 Å². The number of piperidine rings is 3. The zero-order valence-corrected chi connectivity index (χ0v) is 17.8. The summed E-state index contributed by atoms with van der Waals surface area (Å²) in [6.07, 6.45) is 3.79. The summed E-state index contributed by atoms with van der Waals surface area (Å²) in [4.78, 5) is 2.75. The van der Waals surface area contributed by atoms with E-state index in [4.69, 9.17) is 4.42 Å². The fourth-order valence-corrected chi connectivity index (χ4v) is 6.04. The van der Waals surface area contributed by atoms with Crippen LogP contribution in [0.15, 0.2) is 64.1 Å². The van der Waals surface area contributed by atoms with Gasteiger partial charge in [-0.05, 0) is 55.6 Å². The minimum Gasteiger partial charge on any atom is -0.463 e. The van der Waals surface area contributed by atoms with E-state index in [1.807, 2.05) is 29.9 Å². The smallest absolute Gasteiger partial charge is 0.240 e. The summed E-state index contributed by atoms with van der Waals surface area (Å²) in [5, 5.41) is 4.65. The van der Waals surface area contributed by atoms with Crippen LogP contribution in [0, 0.1) is 5.92 Å². The third kappa shape index (κ3) is 3.59. The van der Waals surface area contributed by atoms with Gasteiger partial charge in [-0.2, -0.15) is 5.10 Å². The van der Waals surface area contributed by atoms with Gasteiger partial charge in [0.1, 0.15) is 5.69 Å². The SMILES string of the molecule is Cn1nc(-c2ccco2)cc1[C@H]1CN2CC[C@H]1C[C@@H]2CNS(=O)(=O)c1ccccc1. The van der Waals surface area contributed by atoms with Crippen molar-refractivity contribution in [3.05, 3.63) is 60.5 Å². The van der Waals surface area contributed by atoms with E-state index >= 15 is 0 Å². The zero-order valence-electron chi connectivity index (χ0n) is 16.9. The first kappa shape index (κ1) is 19.5. The van der Waals surface area contributed by atoms with Crippen molar-refractivity contribution in [3.8, 4) is 11.5 Å². The van der Waals surface area contributed by atoms with Gasteiger partial charge in [-0.25, -0.2) is 13.1 Å². The lowest BCUT2D eigenvalue weighted by Gasteiger charge is -2.49. The number of nitrogens with zero attached hydrogens (tertiary/aromatic N) is 3. The van der Waals surface area contributed by atoms with Crippen molar-refractivity contribution in [2.45, 2.75) is 29.7 Å². The maximum atomic E-state index is 12.6. The summed E-state index contributed by atoms with van der Waals surface area (Å²) < 4.78 is 35.4. The summed E-state index contributed by atoms with van der Waals surface area (Å²) in [7, 11) is -1.48. The molecule has 2 aromatic heterocycles. The van der Waals surface area contributed by atoms with Crippen molar-refractivity contribution in [2.75, 3.05) is 19.6 Å². The van der Waals surface area contributed by atoms with Crippen LogP contribution in [-0.4, -0.2) is 48.8 Å². The molecule has 0 aliphatic carbocycles. The molecule has 0 amide bonds. The van der Waals surface area contributed by atoms with Crippen LogP contribution in [0.25, 0.3) is 11.5 Å². The molecule has 0 spiro atoms. The summed E-state index contributed by atoms with van der Waals surface area (Å²) in [6.45, 7) is 2.39. The molecule has 3 fully saturated rings. The minimum absolute atomic E-state index is 0.233. The van der Waals surface area contributed by atoms with Gasteiger partial charge < -0.3 is 4.42 Å². The second-order valence-electron chi connectivity index (χ2n) is 8.26. The van der Waals surface area contributed by atoms with Crippen LogP contribution >= 0.6 is 0 Å². The molecule has 1 unspecified atom stereocenters. The van der Waals surface area contributed by atoms with Crippen LogP contribution in [0.2, 0.25) is 0 Å². The van der Waals surface area contributed by atoms with E-state index in [1.54, 1.807) is 30.5 Å². The van der Waals surface area contributed by atoms with E-state index in [0.29, 0.717) is 23.3 Å². The summed E-state index contributed by atoms with van der Waals surface area (Å²) in [6, 6.07) is 14.7. The molecule has 158 valence electrons. The quantitative estimate of drug-likeness (QED) is 0.656. The Hall–Kier alpha value is -2.42. The lowest BCUT2D eigenvalue weighted by Crippen LogP contribution is -2.56. The number of hydrogen-bond donors (Lipinski definition) is 1. The summed E-state index contributed by atoms with van der Waals surface area (Å²) in [5.74, 6) is 1.72. The van der Waals surface area contributed by atoms with Crippen LogP contribution in [0.5, 0.6) is 0 Å². The molecule has 1 N–H and O–H groups in total. The fraction of sp³-hybridized carbons (Fsp3) is 0.409. The number of sulfonamides is 1. The highest BCUT2D eigenvalue weighted by atomic mass is 32.2. The van der Waals surface area contributed by atoms with Gasteiger partial charge >= 0.3 is 0 Å². The molecule has 8 heteroatoms. The largest absolute Gasteiger partial charge is 0.463 e. The molecule has 0 saturated carbocycles. The first-order valence-electron chi connectivity index (χ1n) is 10.4. The summed E-state index contributed by atoms with van der Waals surface area (Å²) in [5.41, 5.74) is 2.08. The average molecular weight is 427 g/mol. The second-order valence-corrected chi connectivity index (χ2v) is 10.0. The molecule has 3 saturated heterocycles. The molecule has 0 radical (unpaired) electrons. The van der Waals surface area contributed by atoms with Crippen LogP contribution in [0.4, 0.5) is 0 Å². The van der Waals surface area contributed by atoms with Gasteiger partial charge in [0, 0.05) is 37.8 Å². The van der Waals surface area contributed by atoms with Crippen molar-refractivity contribution in [1.82, 2.24) is 19.4 Å². The normalized spacial score (nSPS) is 26.2. The first-order chi connectivity index (χ1) is 14.5. The molecule has 7 nitrogen and oxygen atoms in total. The molecule has 1 aromatic carbocycles. The van der Waals surface area contributed by atoms with Gasteiger partial charge in [0.25, 0.3) is 0 Å². The molecular formula is C22H26N4O3S. The van der Waals surface area contributed by atoms with Crippen LogP contribution in [0.1, 0.15) is 24.5 Å². The number of fused-ring (bicyclic) bond motifs is 3. The van der Waals surface area contributed by atoms with Gasteiger partial charge in [-0.15, -0.1) is 0 Å². The van der Waals surface area contributed by atoms with Crippen LogP contribution in [-0.2, 0) is 17.1 Å². The highest BCUT2D eigenvalue weighted by Crippen LogP contribution is 2.42. The first-order valence-corrected chi connectivity index (χ1v) is 11.9. The highest BCUT2D eigenvalue weighted by molar-refractivity contribution is 7.89. The minimum atomic E-state index is -3.47. The summed E-state index contributed by atoms with van der Waals surface area (Å²) >= 11 is 0. The lowest BCUT2D eigenvalue weighted by atomic mass is 9.74. The molecule has 2 bridgehead atoms. The standard InChI is InChI=1S/C22H26N4O3S/c1-25-21(13-20(24-25)22-8-5-11-29-22)19-15-26-10-9-16(19)12-17(26)14-23-30(27,28)18-6-3-2-4-7-18/h2-8,11,13,16-17,19,23H,9-10,12,14-15H2,1H3/t16-,17+,19-/m0/s1. The van der Waals surface area contributed by atoms with Crippen LogP contribution < -0.4 is 4.72 Å². The van der Waals surface area contributed by atoms with E-state index < -0.39 is 10.0 Å². The molecule has 4 atom stereocenters. The van der Waals surface area contributed by atoms with E-state index in [0.717, 1.165) is 37.4 Å². The van der Waals surface area contributed by atoms with E-state index in [1.165, 1.54) is 5.69 Å². The Morgan fingerprint density at radius 2 is 2.03 bits per heavy atom. The Kier molecular flexibility index (Phi) is 5.00. The number of benzene rings is 1. The van der Waals surface area contributed by atoms with Crippen molar-refractivity contribution in [3.63, 3.8) is 0 Å². The highest BCUT2D eigenvalue weighted by Gasteiger charge is 2.42. The maximum absolute atomic E-state index is 12.6. The number of aromatic nitrogens is 2. The molecule has 6 rings (SSSR count). The van der Waals surface area contributed by atoms with Gasteiger partial charge in [0.05, 0.1) is 11.2 Å². The van der Waals surface area contributed by atoms with E-state index in [-0.39, 0.29) is 6.04 Å². The molecule has 30 heavy (non-hydrogen) atoms. The van der Waals surface area contributed by atoms with Crippen molar-refractivity contribution in [2.24, 2.45) is 13.0 Å². The lowest BCUT2D eigenvalue weighted by molar-refractivity contribution is 0.0306. The Labute approximate surface area is 176 Å². The second kappa shape index (κ2) is 7.68. The predicted octanol–water partition coefficient (Wildman–Crippen LogP) is 2.84. The molecule has 3 aliphatic heterocycles. The molecule has 3 aromatic rings. The number of nitrogens with one attached hydrogen (secondary N) is 1. The predicted molar refractivity (Wildman–Crippen MR) is 113 cm³/mol. The Balaban J connectivity index is 1.28. The topological polar surface area (TPSA) is 80.4 Å². The van der Waals surface area contributed by atoms with Crippen LogP contribution in [0.3, 0.4) is 0 Å². The fourth-order valence-electron chi connectivity index (χ4n) is 4.95. The monoisotopic (exact) mass is 426 g/mol. The Bertz CT molecular complexity index is 1110. The number of rotatable bonds is 6. The average Bonchev–Trinajstić information content (AvgIpc) is 3.43. The van der Waals surface area contributed by atoms with E-state index in [2.05, 4.69) is 20.8 Å². The Morgan fingerprint density at radius 3 is 2.73 bits per heavy atom. The molecule has 5 heterocycles. The van der Waals surface area contributed by atoms with E-state index in [9.17, 15) is 8.42 Å². The number of furan rings is 1. The van der Waals surface area contributed by atoms with Crippen molar-refractivity contribution >= 4 is 10.0 Å². The maximum Gasteiger partial charge on any atom is 0.240 e. The van der Waals surface area contributed by atoms with Gasteiger partial charge in [-0.1, -0.05) is 18.2 Å². The zero-order chi connectivity index (χ0) is 20.7. The number of aryl methyl sites for hydroxylation is 1. The third-order valence-corrected chi connectivity index (χ3v) is 7.95. The molecular weight excluding hydrogens is 400 g/mol. The van der Waals surface area contributed by atoms with Gasteiger partial charge in [0.2, 0.25) is 10.0 Å².